The van der Waals surface area contributed by atoms with Gasteiger partial charge in [-0.25, -0.2) is 4.98 Å². The Labute approximate surface area is 91.9 Å². The topological polar surface area (TPSA) is 34.2 Å². The first-order chi connectivity index (χ1) is 7.19. The molecule has 1 N–H and O–H groups in total. The third-order valence-corrected chi connectivity index (χ3v) is 2.85. The van der Waals surface area contributed by atoms with Crippen molar-refractivity contribution in [3.8, 4) is 5.75 Å². The van der Waals surface area contributed by atoms with Gasteiger partial charge in [-0.05, 0) is 25.0 Å². The van der Waals surface area contributed by atoms with Gasteiger partial charge in [0, 0.05) is 12.2 Å². The lowest BCUT2D eigenvalue weighted by molar-refractivity contribution is 0.412. The maximum absolute atomic E-state index is 5.23. The van der Waals surface area contributed by atoms with E-state index in [1.807, 2.05) is 12.1 Å². The van der Waals surface area contributed by atoms with E-state index in [-0.39, 0.29) is 0 Å². The molecule has 15 heavy (non-hydrogen) atoms. The molecule has 0 aliphatic rings. The highest BCUT2D eigenvalue weighted by molar-refractivity contribution is 5.49. The monoisotopic (exact) mass is 208 g/mol. The van der Waals surface area contributed by atoms with Gasteiger partial charge in [-0.3, -0.25) is 0 Å². The van der Waals surface area contributed by atoms with Gasteiger partial charge in [0.15, 0.2) is 11.6 Å². The lowest BCUT2D eigenvalue weighted by Crippen LogP contribution is -2.24. The zero-order chi connectivity index (χ0) is 11.3. The lowest BCUT2D eigenvalue weighted by atomic mass is 10.0. The fourth-order valence-electron chi connectivity index (χ4n) is 1.38. The van der Waals surface area contributed by atoms with Gasteiger partial charge in [0.25, 0.3) is 0 Å². The lowest BCUT2D eigenvalue weighted by Gasteiger charge is -2.21. The molecule has 1 rings (SSSR count). The van der Waals surface area contributed by atoms with E-state index in [1.54, 1.807) is 13.3 Å². The Morgan fingerprint density at radius 3 is 2.80 bits per heavy atom. The summed E-state index contributed by atoms with van der Waals surface area (Å²) in [5, 5.41) is 3.38. The van der Waals surface area contributed by atoms with Crippen molar-refractivity contribution >= 4 is 5.82 Å². The van der Waals surface area contributed by atoms with Crippen molar-refractivity contribution in [2.45, 2.75) is 33.2 Å². The number of hydrogen-bond acceptors (Lipinski definition) is 3. The summed E-state index contributed by atoms with van der Waals surface area (Å²) >= 11 is 0. The van der Waals surface area contributed by atoms with Crippen LogP contribution in [0.2, 0.25) is 0 Å². The number of ether oxygens (including phenoxy) is 1. The summed E-state index contributed by atoms with van der Waals surface area (Å²) in [5.41, 5.74) is 0. The smallest absolute Gasteiger partial charge is 0.168 e. The summed E-state index contributed by atoms with van der Waals surface area (Å²) in [6, 6.07) is 4.19. The molecular formula is C12H20N2O. The first kappa shape index (κ1) is 11.8. The van der Waals surface area contributed by atoms with Crippen molar-refractivity contribution < 1.29 is 4.74 Å². The van der Waals surface area contributed by atoms with Gasteiger partial charge in [-0.2, -0.15) is 0 Å². The molecule has 0 aromatic carbocycles. The fraction of sp³-hybridized carbons (Fsp3) is 0.583. The molecule has 0 radical (unpaired) electrons. The van der Waals surface area contributed by atoms with Gasteiger partial charge in [-0.15, -0.1) is 0 Å². The van der Waals surface area contributed by atoms with Gasteiger partial charge >= 0.3 is 0 Å². The van der Waals surface area contributed by atoms with Gasteiger partial charge in [0.05, 0.1) is 7.11 Å². The normalized spacial score (nSPS) is 14.4. The number of methoxy groups -OCH3 is 1. The van der Waals surface area contributed by atoms with E-state index < -0.39 is 0 Å². The second kappa shape index (κ2) is 5.59. The second-order valence-electron chi connectivity index (χ2n) is 3.87. The van der Waals surface area contributed by atoms with Crippen LogP contribution in [-0.2, 0) is 0 Å². The molecule has 0 amide bonds. The van der Waals surface area contributed by atoms with Crippen molar-refractivity contribution in [1.29, 1.82) is 0 Å². The highest BCUT2D eigenvalue weighted by atomic mass is 16.5. The van der Waals surface area contributed by atoms with Crippen LogP contribution >= 0.6 is 0 Å². The first-order valence-corrected chi connectivity index (χ1v) is 5.44. The van der Waals surface area contributed by atoms with E-state index in [1.165, 1.54) is 0 Å². The minimum absolute atomic E-state index is 0.402. The zero-order valence-electron chi connectivity index (χ0n) is 9.95. The number of aromatic nitrogens is 1. The molecule has 2 unspecified atom stereocenters. The summed E-state index contributed by atoms with van der Waals surface area (Å²) in [6.07, 6.45) is 2.93. The molecule has 3 heteroatoms. The largest absolute Gasteiger partial charge is 0.493 e. The summed E-state index contributed by atoms with van der Waals surface area (Å²) in [7, 11) is 1.66. The SMILES string of the molecule is CCC(C)C(C)Nc1ncccc1OC. The zero-order valence-corrected chi connectivity index (χ0v) is 9.95. The van der Waals surface area contributed by atoms with E-state index in [2.05, 4.69) is 31.1 Å². The van der Waals surface area contributed by atoms with Gasteiger partial charge in [0.2, 0.25) is 0 Å². The van der Waals surface area contributed by atoms with Crippen LogP contribution in [-0.4, -0.2) is 18.1 Å². The van der Waals surface area contributed by atoms with Crippen molar-refractivity contribution in [1.82, 2.24) is 4.98 Å². The van der Waals surface area contributed by atoms with Crippen LogP contribution in [0.25, 0.3) is 0 Å². The van der Waals surface area contributed by atoms with E-state index >= 15 is 0 Å². The molecule has 0 aliphatic carbocycles. The van der Waals surface area contributed by atoms with Gasteiger partial charge in [-0.1, -0.05) is 20.3 Å². The van der Waals surface area contributed by atoms with Crippen molar-refractivity contribution in [2.24, 2.45) is 5.92 Å². The Morgan fingerprint density at radius 1 is 1.47 bits per heavy atom. The first-order valence-electron chi connectivity index (χ1n) is 5.44. The number of pyridine rings is 1. The molecular weight excluding hydrogens is 188 g/mol. The van der Waals surface area contributed by atoms with E-state index in [0.717, 1.165) is 18.0 Å². The van der Waals surface area contributed by atoms with Crippen LogP contribution in [0.15, 0.2) is 18.3 Å². The summed E-state index contributed by atoms with van der Waals surface area (Å²) in [4.78, 5) is 4.27. The highest BCUT2D eigenvalue weighted by Gasteiger charge is 2.12. The number of anilines is 1. The standard InChI is InChI=1S/C12H20N2O/c1-5-9(2)10(3)14-12-11(15-4)7-6-8-13-12/h6-10H,5H2,1-4H3,(H,13,14). The Morgan fingerprint density at radius 2 is 2.20 bits per heavy atom. The van der Waals surface area contributed by atoms with Crippen molar-refractivity contribution in [2.75, 3.05) is 12.4 Å². The Kier molecular flexibility index (Phi) is 4.40. The molecule has 0 bridgehead atoms. The minimum atomic E-state index is 0.402. The Hall–Kier alpha value is -1.25. The average molecular weight is 208 g/mol. The molecule has 0 fully saturated rings. The number of nitrogens with zero attached hydrogens (tertiary/aromatic N) is 1. The van der Waals surface area contributed by atoms with Crippen LogP contribution in [0.3, 0.4) is 0 Å². The Bertz CT molecular complexity index is 301. The van der Waals surface area contributed by atoms with E-state index in [9.17, 15) is 0 Å². The van der Waals surface area contributed by atoms with Crippen LogP contribution in [0.4, 0.5) is 5.82 Å². The Balaban J connectivity index is 2.71. The van der Waals surface area contributed by atoms with Crippen LogP contribution in [0.5, 0.6) is 5.75 Å². The molecule has 0 saturated heterocycles. The van der Waals surface area contributed by atoms with Crippen LogP contribution < -0.4 is 10.1 Å². The summed E-state index contributed by atoms with van der Waals surface area (Å²) in [5.74, 6) is 2.25. The molecule has 0 aliphatic heterocycles. The van der Waals surface area contributed by atoms with Gasteiger partial charge < -0.3 is 10.1 Å². The van der Waals surface area contributed by atoms with Crippen LogP contribution in [0.1, 0.15) is 27.2 Å². The molecule has 1 aromatic rings. The van der Waals surface area contributed by atoms with Gasteiger partial charge in [0.1, 0.15) is 0 Å². The molecule has 0 spiro atoms. The fourth-order valence-corrected chi connectivity index (χ4v) is 1.38. The molecule has 2 atom stereocenters. The maximum Gasteiger partial charge on any atom is 0.168 e. The van der Waals surface area contributed by atoms with Crippen molar-refractivity contribution in [3.63, 3.8) is 0 Å². The molecule has 0 saturated carbocycles. The van der Waals surface area contributed by atoms with E-state index in [4.69, 9.17) is 4.74 Å². The third kappa shape index (κ3) is 3.11. The highest BCUT2D eigenvalue weighted by Crippen LogP contribution is 2.22. The van der Waals surface area contributed by atoms with Crippen molar-refractivity contribution in [3.05, 3.63) is 18.3 Å². The predicted molar refractivity (Wildman–Crippen MR) is 63.3 cm³/mol. The number of hydrogen-bond donors (Lipinski definition) is 1. The van der Waals surface area contributed by atoms with Crippen LogP contribution in [0, 0.1) is 5.92 Å². The third-order valence-electron chi connectivity index (χ3n) is 2.85. The quantitative estimate of drug-likeness (QED) is 0.807. The maximum atomic E-state index is 5.23. The minimum Gasteiger partial charge on any atom is -0.493 e. The molecule has 3 nitrogen and oxygen atoms in total. The molecule has 1 heterocycles. The summed E-state index contributed by atoms with van der Waals surface area (Å²) in [6.45, 7) is 6.59. The summed E-state index contributed by atoms with van der Waals surface area (Å²) < 4.78 is 5.23. The predicted octanol–water partition coefficient (Wildman–Crippen LogP) is 2.94. The average Bonchev–Trinajstić information content (AvgIpc) is 2.28. The molecule has 1 aromatic heterocycles. The van der Waals surface area contributed by atoms with E-state index in [0.29, 0.717) is 12.0 Å². The second-order valence-corrected chi connectivity index (χ2v) is 3.87. The molecule has 84 valence electrons. The number of nitrogens with one attached hydrogen (secondary N) is 1. The number of rotatable bonds is 5.